The van der Waals surface area contributed by atoms with Crippen LogP contribution in [0.2, 0.25) is 0 Å². The lowest BCUT2D eigenvalue weighted by Gasteiger charge is -2.38. The molecular weight excluding hydrogens is 342 g/mol. The molecule has 1 fully saturated rings. The third kappa shape index (κ3) is 5.44. The molecule has 1 aliphatic rings. The number of rotatable bonds is 5. The highest BCUT2D eigenvalue weighted by molar-refractivity contribution is 5.68. The first-order valence-corrected chi connectivity index (χ1v) is 9.30. The second kappa shape index (κ2) is 8.86. The monoisotopic (exact) mass is 369 g/mol. The molecule has 144 valence electrons. The maximum atomic E-state index is 12.7. The summed E-state index contributed by atoms with van der Waals surface area (Å²) in [5.74, 6) is 0.774. The first-order chi connectivity index (χ1) is 13.0. The third-order valence-electron chi connectivity index (χ3n) is 4.55. The molecule has 6 nitrogen and oxygen atoms in total. The van der Waals surface area contributed by atoms with Crippen LogP contribution < -0.4 is 10.1 Å². The van der Waals surface area contributed by atoms with Crippen molar-refractivity contribution in [2.24, 2.45) is 0 Å². The topological polar surface area (TPSA) is 63.7 Å². The Morgan fingerprint density at radius 2 is 1.93 bits per heavy atom. The number of hydrogen-bond acceptors (Lipinski definition) is 5. The molecule has 0 saturated carbocycles. The van der Waals surface area contributed by atoms with Crippen molar-refractivity contribution in [1.82, 2.24) is 15.2 Å². The molecule has 2 heterocycles. The van der Waals surface area contributed by atoms with E-state index in [0.29, 0.717) is 19.7 Å². The number of amides is 1. The lowest BCUT2D eigenvalue weighted by Crippen LogP contribution is -2.59. The van der Waals surface area contributed by atoms with E-state index in [-0.39, 0.29) is 24.8 Å². The summed E-state index contributed by atoms with van der Waals surface area (Å²) in [7, 11) is 0. The van der Waals surface area contributed by atoms with Gasteiger partial charge >= 0.3 is 6.09 Å². The molecule has 1 aliphatic heterocycles. The minimum atomic E-state index is -0.303. The molecule has 0 spiro atoms. The van der Waals surface area contributed by atoms with E-state index in [1.54, 1.807) is 4.90 Å². The van der Waals surface area contributed by atoms with Gasteiger partial charge in [-0.2, -0.15) is 0 Å². The molecule has 6 heteroatoms. The van der Waals surface area contributed by atoms with Gasteiger partial charge in [0.15, 0.2) is 0 Å². The minimum Gasteiger partial charge on any atom is -0.491 e. The summed E-state index contributed by atoms with van der Waals surface area (Å²) in [5, 5.41) is 3.41. The molecule has 1 N–H and O–H groups in total. The van der Waals surface area contributed by atoms with Gasteiger partial charge in [-0.25, -0.2) is 4.79 Å². The standard InChI is InChI=1S/C21H27N3O3/c1-15-9-20(10-16(2)23-15)26-14-19-11-22-17(3)12-24(19)21(25)27-13-18-7-5-4-6-8-18/h4-10,17,19,22H,11-14H2,1-3H3/t17-,19-/m0/s1. The predicted molar refractivity (Wildman–Crippen MR) is 104 cm³/mol. The number of pyridine rings is 1. The highest BCUT2D eigenvalue weighted by Gasteiger charge is 2.31. The number of nitrogens with zero attached hydrogens (tertiary/aromatic N) is 2. The van der Waals surface area contributed by atoms with Gasteiger partial charge in [-0.05, 0) is 26.3 Å². The number of benzene rings is 1. The molecule has 1 saturated heterocycles. The van der Waals surface area contributed by atoms with Crippen molar-refractivity contribution in [3.05, 3.63) is 59.4 Å². The Bertz CT molecular complexity index is 746. The number of ether oxygens (including phenoxy) is 2. The SMILES string of the molecule is Cc1cc(OC[C@@H]2CN[C@@H](C)CN2C(=O)OCc2ccccc2)cc(C)n1. The van der Waals surface area contributed by atoms with Crippen molar-refractivity contribution in [3.8, 4) is 5.75 Å². The van der Waals surface area contributed by atoms with Crippen molar-refractivity contribution in [2.45, 2.75) is 39.5 Å². The van der Waals surface area contributed by atoms with E-state index in [0.717, 1.165) is 22.7 Å². The van der Waals surface area contributed by atoms with Gasteiger partial charge in [0.1, 0.15) is 19.0 Å². The van der Waals surface area contributed by atoms with Crippen LogP contribution in [0.1, 0.15) is 23.9 Å². The lowest BCUT2D eigenvalue weighted by atomic mass is 10.1. The maximum absolute atomic E-state index is 12.7. The number of piperazine rings is 1. The normalized spacial score (nSPS) is 19.6. The lowest BCUT2D eigenvalue weighted by molar-refractivity contribution is 0.0506. The zero-order chi connectivity index (χ0) is 19.2. The van der Waals surface area contributed by atoms with Crippen molar-refractivity contribution < 1.29 is 14.3 Å². The number of aromatic nitrogens is 1. The van der Waals surface area contributed by atoms with Crippen LogP contribution in [0.4, 0.5) is 4.79 Å². The molecule has 1 amide bonds. The quantitative estimate of drug-likeness (QED) is 0.878. The summed E-state index contributed by atoms with van der Waals surface area (Å²) in [5.41, 5.74) is 2.81. The Morgan fingerprint density at radius 3 is 2.63 bits per heavy atom. The first kappa shape index (κ1) is 19.2. The molecule has 1 aromatic heterocycles. The molecule has 1 aromatic carbocycles. The van der Waals surface area contributed by atoms with E-state index in [4.69, 9.17) is 9.47 Å². The van der Waals surface area contributed by atoms with Gasteiger partial charge in [-0.1, -0.05) is 30.3 Å². The van der Waals surface area contributed by atoms with E-state index in [1.165, 1.54) is 0 Å². The van der Waals surface area contributed by atoms with Crippen molar-refractivity contribution >= 4 is 6.09 Å². The molecule has 3 rings (SSSR count). The second-order valence-corrected chi connectivity index (χ2v) is 7.05. The van der Waals surface area contributed by atoms with E-state index < -0.39 is 0 Å². The third-order valence-corrected chi connectivity index (χ3v) is 4.55. The van der Waals surface area contributed by atoms with Crippen molar-refractivity contribution in [3.63, 3.8) is 0 Å². The van der Waals surface area contributed by atoms with E-state index in [9.17, 15) is 4.79 Å². The fraction of sp³-hybridized carbons (Fsp3) is 0.429. The summed E-state index contributed by atoms with van der Waals surface area (Å²) >= 11 is 0. The Balaban J connectivity index is 1.60. The summed E-state index contributed by atoms with van der Waals surface area (Å²) in [4.78, 5) is 18.8. The number of carbonyl (C=O) groups excluding carboxylic acids is 1. The molecule has 0 radical (unpaired) electrons. The number of aryl methyl sites for hydroxylation is 2. The molecular formula is C21H27N3O3. The van der Waals surface area contributed by atoms with Gasteiger partial charge in [-0.15, -0.1) is 0 Å². The maximum Gasteiger partial charge on any atom is 0.410 e. The van der Waals surface area contributed by atoms with Crippen LogP contribution in [0.15, 0.2) is 42.5 Å². The van der Waals surface area contributed by atoms with Crippen molar-refractivity contribution in [1.29, 1.82) is 0 Å². The number of nitrogens with one attached hydrogen (secondary N) is 1. The molecule has 0 unspecified atom stereocenters. The molecule has 0 aliphatic carbocycles. The fourth-order valence-corrected chi connectivity index (χ4v) is 3.20. The van der Waals surface area contributed by atoms with Gasteiger partial charge < -0.3 is 14.8 Å². The van der Waals surface area contributed by atoms with Gasteiger partial charge in [0.25, 0.3) is 0 Å². The van der Waals surface area contributed by atoms with Gasteiger partial charge in [0.2, 0.25) is 0 Å². The van der Waals surface area contributed by atoms with Crippen LogP contribution in [0.5, 0.6) is 5.75 Å². The van der Waals surface area contributed by atoms with Crippen LogP contribution in [0, 0.1) is 13.8 Å². The van der Waals surface area contributed by atoms with Crippen LogP contribution >= 0.6 is 0 Å². The highest BCUT2D eigenvalue weighted by Crippen LogP contribution is 2.16. The Hall–Kier alpha value is -2.60. The van der Waals surface area contributed by atoms with Gasteiger partial charge in [0, 0.05) is 42.7 Å². The van der Waals surface area contributed by atoms with E-state index in [1.807, 2.05) is 56.3 Å². The fourth-order valence-electron chi connectivity index (χ4n) is 3.20. The van der Waals surface area contributed by atoms with Gasteiger partial charge in [-0.3, -0.25) is 9.88 Å². The summed E-state index contributed by atoms with van der Waals surface area (Å²) in [6, 6.07) is 13.7. The summed E-state index contributed by atoms with van der Waals surface area (Å²) in [6.45, 7) is 7.89. The first-order valence-electron chi connectivity index (χ1n) is 9.30. The van der Waals surface area contributed by atoms with Crippen molar-refractivity contribution in [2.75, 3.05) is 19.7 Å². The smallest absolute Gasteiger partial charge is 0.410 e. The number of hydrogen-bond donors (Lipinski definition) is 1. The predicted octanol–water partition coefficient (Wildman–Crippen LogP) is 3.08. The van der Waals surface area contributed by atoms with Crippen LogP contribution in [-0.2, 0) is 11.3 Å². The second-order valence-electron chi connectivity index (χ2n) is 7.05. The Labute approximate surface area is 160 Å². The highest BCUT2D eigenvalue weighted by atomic mass is 16.6. The van der Waals surface area contributed by atoms with Crippen LogP contribution in [0.3, 0.4) is 0 Å². The molecule has 27 heavy (non-hydrogen) atoms. The van der Waals surface area contributed by atoms with E-state index in [2.05, 4.69) is 17.2 Å². The molecule has 0 bridgehead atoms. The Kier molecular flexibility index (Phi) is 6.29. The molecule has 2 aromatic rings. The largest absolute Gasteiger partial charge is 0.491 e. The summed E-state index contributed by atoms with van der Waals surface area (Å²) < 4.78 is 11.5. The van der Waals surface area contributed by atoms with E-state index >= 15 is 0 Å². The number of carbonyl (C=O) groups is 1. The molecule has 2 atom stereocenters. The average Bonchev–Trinajstić information content (AvgIpc) is 2.65. The van der Waals surface area contributed by atoms with Gasteiger partial charge in [0.05, 0.1) is 6.04 Å². The summed E-state index contributed by atoms with van der Waals surface area (Å²) in [6.07, 6.45) is -0.303. The minimum absolute atomic E-state index is 0.0850. The van der Waals surface area contributed by atoms with Crippen LogP contribution in [-0.4, -0.2) is 47.8 Å². The Morgan fingerprint density at radius 1 is 1.22 bits per heavy atom. The zero-order valence-corrected chi connectivity index (χ0v) is 16.1. The zero-order valence-electron chi connectivity index (χ0n) is 16.1. The van der Waals surface area contributed by atoms with Crippen LogP contribution in [0.25, 0.3) is 0 Å². The average molecular weight is 369 g/mol.